The zero-order chi connectivity index (χ0) is 0. The van der Waals surface area contributed by atoms with Crippen molar-refractivity contribution in [3.05, 3.63) is 0 Å². The van der Waals surface area contributed by atoms with Gasteiger partial charge in [-0.3, -0.25) is 0 Å². The molecule has 0 heterocycles. The molecule has 0 amide bonds. The second-order valence-electron chi connectivity index (χ2n) is 0. The van der Waals surface area contributed by atoms with E-state index in [1.54, 1.807) is 0 Å². The van der Waals surface area contributed by atoms with Gasteiger partial charge in [-0.2, -0.15) is 0 Å². The van der Waals surface area contributed by atoms with Crippen LogP contribution in [0.1, 0.15) is 0 Å². The zero-order valence-corrected chi connectivity index (χ0v) is 7.48. The summed E-state index contributed by atoms with van der Waals surface area (Å²) in [5, 5.41) is 0. The van der Waals surface area contributed by atoms with Crippen LogP contribution in [0.5, 0.6) is 0 Å². The van der Waals surface area contributed by atoms with Crippen LogP contribution in [0.25, 0.3) is 0 Å². The van der Waals surface area contributed by atoms with Crippen molar-refractivity contribution < 1.29 is 19.5 Å². The number of hydrogen-bond acceptors (Lipinski definition) is 0. The summed E-state index contributed by atoms with van der Waals surface area (Å²) >= 11 is 0. The van der Waals surface area contributed by atoms with E-state index in [-0.39, 0.29) is 56.2 Å². The van der Waals surface area contributed by atoms with Crippen molar-refractivity contribution in [3.8, 4) is 0 Å². The number of rotatable bonds is 0. The topological polar surface area (TPSA) is 0 Å². The van der Waals surface area contributed by atoms with Crippen LogP contribution in [0.15, 0.2) is 0 Å². The maximum Gasteiger partial charge on any atom is 0 e. The van der Waals surface area contributed by atoms with Crippen molar-refractivity contribution in [2.45, 2.75) is 0 Å². The molecule has 12 valence electrons. The molecule has 4 heavy (non-hydrogen) atoms. The molecule has 0 fully saturated rings. The Bertz CT molecular complexity index is 8.00. The average molecular weight is 131 g/mol. The van der Waals surface area contributed by atoms with Gasteiger partial charge in [-0.1, -0.05) is 0 Å². The molecule has 0 bridgehead atoms. The second kappa shape index (κ2) is 25.4. The fourth-order valence-electron chi connectivity index (χ4n) is 0. The Morgan fingerprint density at radius 1 is 1.00 bits per heavy atom. The molecule has 0 rings (SSSR count). The summed E-state index contributed by atoms with van der Waals surface area (Å²) in [7, 11) is 0. The van der Waals surface area contributed by atoms with Gasteiger partial charge in [0.1, 0.15) is 0 Å². The van der Waals surface area contributed by atoms with Gasteiger partial charge in [-0.25, -0.2) is 0 Å². The molecule has 4 heteroatoms. The van der Waals surface area contributed by atoms with Gasteiger partial charge in [-0.15, -0.1) is 0 Å². The molecular formula is AlBSiZn. The van der Waals surface area contributed by atoms with E-state index in [0.717, 1.165) is 0 Å². The van der Waals surface area contributed by atoms with Gasteiger partial charge in [0.2, 0.25) is 0 Å². The maximum absolute atomic E-state index is 0. The van der Waals surface area contributed by atoms with Crippen LogP contribution in [0.2, 0.25) is 0 Å². The van der Waals surface area contributed by atoms with Crippen molar-refractivity contribution >= 4 is 36.7 Å². The third kappa shape index (κ3) is 9.88. The standard InChI is InChI=1S/Al.B.Si.Zn. The van der Waals surface area contributed by atoms with E-state index in [1.165, 1.54) is 0 Å². The molecular weight excluding hydrogens is 131 g/mol. The first-order valence-corrected chi connectivity index (χ1v) is 0. The van der Waals surface area contributed by atoms with Crippen molar-refractivity contribution in [3.63, 3.8) is 0 Å². The van der Waals surface area contributed by atoms with E-state index in [4.69, 9.17) is 0 Å². The molecule has 0 spiro atoms. The molecule has 0 aliphatic carbocycles. The molecule has 10 radical (unpaired) electrons. The summed E-state index contributed by atoms with van der Waals surface area (Å²) in [5.74, 6) is 0. The Morgan fingerprint density at radius 2 is 1.00 bits per heavy atom. The van der Waals surface area contributed by atoms with E-state index < -0.39 is 0 Å². The van der Waals surface area contributed by atoms with Crippen molar-refractivity contribution in [2.24, 2.45) is 0 Å². The van der Waals surface area contributed by atoms with Crippen LogP contribution in [-0.2, 0) is 19.5 Å². The Balaban J connectivity index is 0. The molecule has 0 aromatic rings. The van der Waals surface area contributed by atoms with Crippen LogP contribution in [0, 0.1) is 0 Å². The Kier molecular flexibility index (Phi) is 329. The van der Waals surface area contributed by atoms with Crippen molar-refractivity contribution in [2.75, 3.05) is 0 Å². The molecule has 0 aromatic carbocycles. The molecule has 0 aliphatic heterocycles. The number of hydrogen-bond donors (Lipinski definition) is 0. The van der Waals surface area contributed by atoms with E-state index in [9.17, 15) is 0 Å². The zero-order valence-electron chi connectivity index (χ0n) is 2.36. The van der Waals surface area contributed by atoms with Gasteiger partial charge >= 0.3 is 0 Å². The van der Waals surface area contributed by atoms with Gasteiger partial charge in [0.25, 0.3) is 0 Å². The molecule has 0 saturated heterocycles. The van der Waals surface area contributed by atoms with E-state index in [0.29, 0.717) is 0 Å². The first kappa shape index (κ1) is 51.8. The molecule has 0 N–H and O–H groups in total. The molecule has 0 aromatic heterocycles. The average Bonchev–Trinajstić information content (AvgIpc) is 0. The fourth-order valence-corrected chi connectivity index (χ4v) is 0. The monoisotopic (exact) mass is 130 g/mol. The van der Waals surface area contributed by atoms with Crippen molar-refractivity contribution in [1.29, 1.82) is 0 Å². The summed E-state index contributed by atoms with van der Waals surface area (Å²) in [4.78, 5) is 0. The van der Waals surface area contributed by atoms with E-state index in [2.05, 4.69) is 0 Å². The Labute approximate surface area is 56.2 Å². The van der Waals surface area contributed by atoms with Crippen molar-refractivity contribution in [1.82, 2.24) is 0 Å². The van der Waals surface area contributed by atoms with E-state index >= 15 is 0 Å². The Hall–Kier alpha value is 1.44. The molecule has 0 nitrogen and oxygen atoms in total. The second-order valence-corrected chi connectivity index (χ2v) is 0. The SMILES string of the molecule is [Al].[B].[Si].[Zn]. The molecule has 0 aliphatic rings. The predicted molar refractivity (Wildman–Crippen MR) is 17.3 cm³/mol. The maximum atomic E-state index is 0. The third-order valence-electron chi connectivity index (χ3n) is 0. The van der Waals surface area contributed by atoms with E-state index in [1.807, 2.05) is 0 Å². The van der Waals surface area contributed by atoms with Gasteiger partial charge in [0.15, 0.2) is 0 Å². The summed E-state index contributed by atoms with van der Waals surface area (Å²) in [6, 6.07) is 0. The van der Waals surface area contributed by atoms with Gasteiger partial charge in [0.05, 0.1) is 0 Å². The fraction of sp³-hybridized carbons (Fsp3) is 0. The molecule has 0 unspecified atom stereocenters. The van der Waals surface area contributed by atoms with Crippen LogP contribution in [0.3, 0.4) is 0 Å². The largest absolute Gasteiger partial charge is 0 e. The molecule has 0 atom stereocenters. The van der Waals surface area contributed by atoms with Crippen LogP contribution >= 0.6 is 0 Å². The smallest absolute Gasteiger partial charge is 0 e. The van der Waals surface area contributed by atoms with Crippen LogP contribution < -0.4 is 0 Å². The van der Waals surface area contributed by atoms with Crippen LogP contribution in [0.4, 0.5) is 0 Å². The summed E-state index contributed by atoms with van der Waals surface area (Å²) in [6.07, 6.45) is 0. The van der Waals surface area contributed by atoms with Crippen LogP contribution in [-0.4, -0.2) is 36.7 Å². The summed E-state index contributed by atoms with van der Waals surface area (Å²) in [5.41, 5.74) is 0. The third-order valence-corrected chi connectivity index (χ3v) is 0. The summed E-state index contributed by atoms with van der Waals surface area (Å²) in [6.45, 7) is 0. The first-order chi connectivity index (χ1) is 0. The first-order valence-electron chi connectivity index (χ1n) is 0. The normalized spacial score (nSPS) is 0. The minimum absolute atomic E-state index is 0. The Morgan fingerprint density at radius 3 is 1.00 bits per heavy atom. The quantitative estimate of drug-likeness (QED) is 0.364. The summed E-state index contributed by atoms with van der Waals surface area (Å²) < 4.78 is 0. The van der Waals surface area contributed by atoms with Gasteiger partial charge in [-0.05, 0) is 0 Å². The van der Waals surface area contributed by atoms with Gasteiger partial charge < -0.3 is 0 Å². The van der Waals surface area contributed by atoms with Gasteiger partial charge in [0, 0.05) is 56.2 Å². The molecule has 0 saturated carbocycles. The minimum Gasteiger partial charge on any atom is 0 e. The minimum atomic E-state index is 0. The predicted octanol–water partition coefficient (Wildman–Crippen LogP) is -1.14.